The van der Waals surface area contributed by atoms with E-state index in [0.29, 0.717) is 12.0 Å². The Morgan fingerprint density at radius 3 is 2.41 bits per heavy atom. The summed E-state index contributed by atoms with van der Waals surface area (Å²) in [4.78, 5) is 18.3. The summed E-state index contributed by atoms with van der Waals surface area (Å²) < 4.78 is 4.86. The molecule has 1 aromatic rings. The van der Waals surface area contributed by atoms with Gasteiger partial charge < -0.3 is 20.3 Å². The average Bonchev–Trinajstić information content (AvgIpc) is 2.68. The summed E-state index contributed by atoms with van der Waals surface area (Å²) in [6, 6.07) is 10.6. The number of benzene rings is 1. The maximum Gasteiger partial charge on any atom is 0.308 e. The normalized spacial score (nSPS) is 16.5. The van der Waals surface area contributed by atoms with E-state index in [1.54, 1.807) is 0 Å². The number of ether oxygens (including phenoxy) is 1. The molecule has 152 valence electrons. The summed E-state index contributed by atoms with van der Waals surface area (Å²) in [6.07, 6.45) is 1.62. The number of halogens is 1. The Bertz CT molecular complexity index is 587. The van der Waals surface area contributed by atoms with Gasteiger partial charge >= 0.3 is 5.97 Å². The number of carbonyl (C=O) groups is 1. The number of carbonyl (C=O) groups excluding carboxylic acids is 1. The van der Waals surface area contributed by atoms with E-state index in [0.717, 1.165) is 44.1 Å². The van der Waals surface area contributed by atoms with Gasteiger partial charge in [-0.1, -0.05) is 32.0 Å². The molecule has 2 rings (SSSR count). The summed E-state index contributed by atoms with van der Waals surface area (Å²) in [5.41, 5.74) is 1.13. The summed E-state index contributed by atoms with van der Waals surface area (Å²) >= 11 is 0. The molecule has 1 aromatic carbocycles. The number of guanidine groups is 1. The van der Waals surface area contributed by atoms with Crippen LogP contribution in [0.3, 0.4) is 0 Å². The van der Waals surface area contributed by atoms with Crippen LogP contribution in [0.2, 0.25) is 0 Å². The fourth-order valence-electron chi connectivity index (χ4n) is 3.23. The quantitative estimate of drug-likeness (QED) is 0.279. The van der Waals surface area contributed by atoms with E-state index in [9.17, 15) is 4.79 Å². The third kappa shape index (κ3) is 7.20. The lowest BCUT2D eigenvalue weighted by Crippen LogP contribution is -2.49. The van der Waals surface area contributed by atoms with Crippen LogP contribution in [-0.4, -0.2) is 56.7 Å². The van der Waals surface area contributed by atoms with Gasteiger partial charge in [-0.25, -0.2) is 0 Å². The van der Waals surface area contributed by atoms with Gasteiger partial charge in [0.25, 0.3) is 0 Å². The number of hydrogen-bond donors (Lipinski definition) is 2. The number of rotatable bonds is 6. The van der Waals surface area contributed by atoms with Crippen molar-refractivity contribution in [3.8, 4) is 0 Å². The number of nitrogens with one attached hydrogen (secondary N) is 2. The predicted octanol–water partition coefficient (Wildman–Crippen LogP) is 3.20. The Morgan fingerprint density at radius 1 is 1.26 bits per heavy atom. The molecule has 0 aromatic heterocycles. The van der Waals surface area contributed by atoms with Crippen molar-refractivity contribution < 1.29 is 9.53 Å². The summed E-state index contributed by atoms with van der Waals surface area (Å²) in [5.74, 6) is 1.29. The lowest BCUT2D eigenvalue weighted by atomic mass is 9.97. The largest absolute Gasteiger partial charge is 0.469 e. The van der Waals surface area contributed by atoms with Crippen molar-refractivity contribution in [3.63, 3.8) is 0 Å². The van der Waals surface area contributed by atoms with Crippen LogP contribution in [-0.2, 0) is 9.53 Å². The third-order valence-electron chi connectivity index (χ3n) is 4.95. The van der Waals surface area contributed by atoms with Crippen LogP contribution in [0, 0.1) is 11.8 Å². The number of methoxy groups -OCH3 is 1. The highest BCUT2D eigenvalue weighted by atomic mass is 127. The lowest BCUT2D eigenvalue weighted by molar-refractivity contribution is -0.146. The number of esters is 1. The second-order valence-corrected chi connectivity index (χ2v) is 7.07. The highest BCUT2D eigenvalue weighted by Gasteiger charge is 2.27. The molecule has 0 amide bonds. The second kappa shape index (κ2) is 12.0. The first-order valence-corrected chi connectivity index (χ1v) is 9.40. The lowest BCUT2D eigenvalue weighted by Gasteiger charge is -2.34. The number of nitrogens with zero attached hydrogens (tertiary/aromatic N) is 2. The minimum Gasteiger partial charge on any atom is -0.469 e. The van der Waals surface area contributed by atoms with E-state index in [1.807, 2.05) is 25.2 Å². The van der Waals surface area contributed by atoms with E-state index >= 15 is 0 Å². The molecule has 1 aliphatic rings. The molecule has 1 fully saturated rings. The van der Waals surface area contributed by atoms with E-state index in [2.05, 4.69) is 46.5 Å². The fourth-order valence-corrected chi connectivity index (χ4v) is 3.23. The molecule has 0 bridgehead atoms. The first-order valence-electron chi connectivity index (χ1n) is 9.40. The second-order valence-electron chi connectivity index (χ2n) is 7.07. The van der Waals surface area contributed by atoms with Crippen LogP contribution in [0.5, 0.6) is 0 Å². The Balaban J connectivity index is 0.00000364. The van der Waals surface area contributed by atoms with Gasteiger partial charge in [0.05, 0.1) is 13.0 Å². The molecule has 1 heterocycles. The van der Waals surface area contributed by atoms with Crippen LogP contribution in [0.25, 0.3) is 0 Å². The first-order chi connectivity index (χ1) is 12.5. The van der Waals surface area contributed by atoms with Crippen molar-refractivity contribution in [3.05, 3.63) is 30.3 Å². The van der Waals surface area contributed by atoms with Gasteiger partial charge in [0, 0.05) is 38.4 Å². The molecule has 0 aliphatic carbocycles. The summed E-state index contributed by atoms with van der Waals surface area (Å²) in [5, 5.41) is 7.09. The SMILES string of the molecule is CN=C(NCC(Nc1ccccc1)C(C)C)N1CCC(C(=O)OC)CC1.I. The Hall–Kier alpha value is -1.51. The molecule has 0 saturated carbocycles. The number of piperidine rings is 1. The minimum atomic E-state index is -0.0977. The Labute approximate surface area is 180 Å². The van der Waals surface area contributed by atoms with Crippen molar-refractivity contribution in [1.82, 2.24) is 10.2 Å². The number of anilines is 1. The smallest absolute Gasteiger partial charge is 0.308 e. The van der Waals surface area contributed by atoms with Crippen LogP contribution < -0.4 is 10.6 Å². The summed E-state index contributed by atoms with van der Waals surface area (Å²) in [7, 11) is 3.27. The summed E-state index contributed by atoms with van der Waals surface area (Å²) in [6.45, 7) is 6.85. The highest BCUT2D eigenvalue weighted by molar-refractivity contribution is 14.0. The molecular formula is C20H33IN4O2. The van der Waals surface area contributed by atoms with Gasteiger partial charge in [-0.2, -0.15) is 0 Å². The van der Waals surface area contributed by atoms with Crippen molar-refractivity contribution in [1.29, 1.82) is 0 Å². The first kappa shape index (κ1) is 23.5. The zero-order chi connectivity index (χ0) is 18.9. The van der Waals surface area contributed by atoms with Crippen molar-refractivity contribution in [2.24, 2.45) is 16.8 Å². The average molecular weight is 488 g/mol. The highest BCUT2D eigenvalue weighted by Crippen LogP contribution is 2.18. The van der Waals surface area contributed by atoms with Gasteiger partial charge in [0.15, 0.2) is 5.96 Å². The monoisotopic (exact) mass is 488 g/mol. The van der Waals surface area contributed by atoms with Crippen molar-refractivity contribution >= 4 is 41.6 Å². The molecule has 7 heteroatoms. The Morgan fingerprint density at radius 2 is 1.89 bits per heavy atom. The molecule has 1 unspecified atom stereocenters. The molecular weight excluding hydrogens is 455 g/mol. The fraction of sp³-hybridized carbons (Fsp3) is 0.600. The molecule has 2 N–H and O–H groups in total. The van der Waals surface area contributed by atoms with E-state index in [1.165, 1.54) is 7.11 Å². The van der Waals surface area contributed by atoms with Gasteiger partial charge in [-0.3, -0.25) is 9.79 Å². The zero-order valence-corrected chi connectivity index (χ0v) is 19.1. The predicted molar refractivity (Wildman–Crippen MR) is 122 cm³/mol. The van der Waals surface area contributed by atoms with Crippen LogP contribution in [0.15, 0.2) is 35.3 Å². The standard InChI is InChI=1S/C20H32N4O2.HI/c1-15(2)18(23-17-8-6-5-7-9-17)14-22-20(21-3)24-12-10-16(11-13-24)19(25)26-4;/h5-9,15-16,18,23H,10-14H2,1-4H3,(H,21,22);1H. The van der Waals surface area contributed by atoms with Gasteiger partial charge in [-0.05, 0) is 30.9 Å². The number of hydrogen-bond acceptors (Lipinski definition) is 4. The topological polar surface area (TPSA) is 66.0 Å². The van der Waals surface area contributed by atoms with E-state index in [4.69, 9.17) is 4.74 Å². The molecule has 6 nitrogen and oxygen atoms in total. The Kier molecular flexibility index (Phi) is 10.5. The maximum atomic E-state index is 11.7. The maximum absolute atomic E-state index is 11.7. The van der Waals surface area contributed by atoms with Crippen molar-refractivity contribution in [2.75, 3.05) is 39.1 Å². The van der Waals surface area contributed by atoms with Gasteiger partial charge in [-0.15, -0.1) is 24.0 Å². The number of para-hydroxylation sites is 1. The van der Waals surface area contributed by atoms with E-state index < -0.39 is 0 Å². The van der Waals surface area contributed by atoms with Crippen LogP contribution in [0.4, 0.5) is 5.69 Å². The van der Waals surface area contributed by atoms with Crippen molar-refractivity contribution in [2.45, 2.75) is 32.7 Å². The van der Waals surface area contributed by atoms with Gasteiger partial charge in [0.2, 0.25) is 0 Å². The minimum absolute atomic E-state index is 0. The molecule has 1 aliphatic heterocycles. The van der Waals surface area contributed by atoms with E-state index in [-0.39, 0.29) is 35.9 Å². The molecule has 0 radical (unpaired) electrons. The van der Waals surface area contributed by atoms with Crippen LogP contribution in [0.1, 0.15) is 26.7 Å². The molecule has 27 heavy (non-hydrogen) atoms. The molecule has 1 saturated heterocycles. The zero-order valence-electron chi connectivity index (χ0n) is 16.8. The van der Waals surface area contributed by atoms with Gasteiger partial charge in [0.1, 0.15) is 0 Å². The molecule has 0 spiro atoms. The van der Waals surface area contributed by atoms with Crippen LogP contribution >= 0.6 is 24.0 Å². The number of aliphatic imine (C=N–C) groups is 1. The number of likely N-dealkylation sites (tertiary alicyclic amines) is 1. The molecule has 1 atom stereocenters. The third-order valence-corrected chi connectivity index (χ3v) is 4.95.